The molecular weight excluding hydrogens is 405 g/mol. The lowest BCUT2D eigenvalue weighted by atomic mass is 10.2. The number of rotatable bonds is 5. The minimum atomic E-state index is -5.71. The largest absolute Gasteiger partial charge is 0.501 e. The van der Waals surface area contributed by atoms with E-state index in [1.165, 1.54) is 0 Å². The maximum atomic E-state index is 12.7. The fraction of sp³-hybridized carbons (Fsp3) is 0.133. The summed E-state index contributed by atoms with van der Waals surface area (Å²) in [6.45, 7) is 0.0371. The summed E-state index contributed by atoms with van der Waals surface area (Å²) in [5.74, 6) is 0. The van der Waals surface area contributed by atoms with Gasteiger partial charge in [-0.2, -0.15) is 13.2 Å². The number of nitro benzene ring substituents is 1. The Hall–Kier alpha value is -3.35. The van der Waals surface area contributed by atoms with Crippen molar-refractivity contribution in [3.8, 4) is 0 Å². The predicted octanol–water partition coefficient (Wildman–Crippen LogP) is 2.67. The molecule has 13 heteroatoms. The number of imidazole rings is 1. The van der Waals surface area contributed by atoms with E-state index < -0.39 is 36.5 Å². The molecule has 148 valence electrons. The van der Waals surface area contributed by atoms with Gasteiger partial charge in [0.25, 0.3) is 15.5 Å². The Bertz CT molecular complexity index is 1230. The normalized spacial score (nSPS) is 12.2. The Labute approximate surface area is 154 Å². The summed E-state index contributed by atoms with van der Waals surface area (Å²) in [6.07, 6.45) is 0. The van der Waals surface area contributed by atoms with Crippen molar-refractivity contribution in [3.63, 3.8) is 0 Å². The number of alkyl halides is 3. The van der Waals surface area contributed by atoms with Crippen molar-refractivity contribution < 1.29 is 26.5 Å². The zero-order valence-electron chi connectivity index (χ0n) is 13.7. The number of hydrogen-bond donors (Lipinski definition) is 3. The Morgan fingerprint density at radius 3 is 2.39 bits per heavy atom. The van der Waals surface area contributed by atoms with E-state index in [0.29, 0.717) is 28.7 Å². The van der Waals surface area contributed by atoms with Gasteiger partial charge in [-0.05, 0) is 29.8 Å². The molecule has 3 rings (SSSR count). The lowest BCUT2D eigenvalue weighted by Gasteiger charge is -2.11. The van der Waals surface area contributed by atoms with Crippen LogP contribution in [0.15, 0.2) is 46.1 Å². The van der Waals surface area contributed by atoms with Gasteiger partial charge in [-0.3, -0.25) is 10.1 Å². The smallest absolute Gasteiger partial charge is 0.375 e. The Balaban J connectivity index is 1.90. The first kappa shape index (κ1) is 19.4. The van der Waals surface area contributed by atoms with Crippen LogP contribution in [-0.2, 0) is 16.4 Å². The summed E-state index contributed by atoms with van der Waals surface area (Å²) < 4.78 is 60.8. The molecule has 0 saturated heterocycles. The van der Waals surface area contributed by atoms with Crippen LogP contribution >= 0.6 is 0 Å². The molecule has 0 saturated carbocycles. The molecule has 1 heterocycles. The highest BCUT2D eigenvalue weighted by molar-refractivity contribution is 7.92. The van der Waals surface area contributed by atoms with E-state index in [1.807, 2.05) is 0 Å². The molecule has 0 radical (unpaired) electrons. The second-order valence-electron chi connectivity index (χ2n) is 5.70. The lowest BCUT2D eigenvalue weighted by Crippen LogP contribution is -2.23. The number of sulfone groups is 1. The first-order valence-electron chi connectivity index (χ1n) is 7.53. The van der Waals surface area contributed by atoms with Crippen LogP contribution in [-0.4, -0.2) is 28.8 Å². The summed E-state index contributed by atoms with van der Waals surface area (Å²) >= 11 is 0. The molecule has 0 spiro atoms. The molecule has 9 nitrogen and oxygen atoms in total. The molecular formula is C15H11F3N4O5S. The molecule has 2 aromatic carbocycles. The van der Waals surface area contributed by atoms with Crippen molar-refractivity contribution >= 4 is 32.2 Å². The summed E-state index contributed by atoms with van der Waals surface area (Å²) in [6, 6.07) is 6.75. The van der Waals surface area contributed by atoms with E-state index in [1.54, 1.807) is 18.2 Å². The van der Waals surface area contributed by atoms with Crippen molar-refractivity contribution in [2.75, 3.05) is 5.32 Å². The number of aromatic nitrogens is 2. The number of aromatic amines is 2. The van der Waals surface area contributed by atoms with E-state index in [0.717, 1.165) is 6.07 Å². The molecule has 0 aliphatic carbocycles. The molecule has 1 aromatic heterocycles. The van der Waals surface area contributed by atoms with Crippen molar-refractivity contribution in [1.82, 2.24) is 9.97 Å². The van der Waals surface area contributed by atoms with Gasteiger partial charge in [0.2, 0.25) is 0 Å². The fourth-order valence-electron chi connectivity index (χ4n) is 2.50. The maximum absolute atomic E-state index is 12.7. The summed E-state index contributed by atoms with van der Waals surface area (Å²) in [7, 11) is -5.71. The standard InChI is InChI=1S/C15H11F3N4O5S/c16-15(17,18)28(26,27)9-2-4-11(13(6-9)22(24)25)19-7-8-1-3-10-12(5-8)21-14(23)20-10/h1-6,19H,7H2,(H2,20,21,23). The van der Waals surface area contributed by atoms with Crippen molar-refractivity contribution in [1.29, 1.82) is 0 Å². The number of nitrogens with one attached hydrogen (secondary N) is 3. The van der Waals surface area contributed by atoms with Crippen LogP contribution < -0.4 is 11.0 Å². The average Bonchev–Trinajstić information content (AvgIpc) is 2.97. The van der Waals surface area contributed by atoms with E-state index in [2.05, 4.69) is 15.3 Å². The van der Waals surface area contributed by atoms with Crippen LogP contribution in [0.5, 0.6) is 0 Å². The van der Waals surface area contributed by atoms with Crippen LogP contribution in [0.4, 0.5) is 24.5 Å². The molecule has 0 aliphatic rings. The van der Waals surface area contributed by atoms with E-state index in [9.17, 15) is 36.5 Å². The van der Waals surface area contributed by atoms with Gasteiger partial charge in [-0.1, -0.05) is 6.07 Å². The molecule has 0 atom stereocenters. The number of nitro groups is 1. The van der Waals surface area contributed by atoms with Gasteiger partial charge in [0.1, 0.15) is 5.69 Å². The van der Waals surface area contributed by atoms with E-state index in [-0.39, 0.29) is 12.2 Å². The van der Waals surface area contributed by atoms with Gasteiger partial charge < -0.3 is 15.3 Å². The van der Waals surface area contributed by atoms with Crippen LogP contribution in [0, 0.1) is 10.1 Å². The highest BCUT2D eigenvalue weighted by Crippen LogP contribution is 2.34. The molecule has 0 fully saturated rings. The summed E-state index contributed by atoms with van der Waals surface area (Å²) in [4.78, 5) is 25.3. The van der Waals surface area contributed by atoms with Crippen LogP contribution in [0.2, 0.25) is 0 Å². The highest BCUT2D eigenvalue weighted by atomic mass is 32.2. The van der Waals surface area contributed by atoms with Crippen LogP contribution in [0.1, 0.15) is 5.56 Å². The van der Waals surface area contributed by atoms with Gasteiger partial charge >= 0.3 is 11.2 Å². The molecule has 3 aromatic rings. The number of nitrogens with zero attached hydrogens (tertiary/aromatic N) is 1. The average molecular weight is 416 g/mol. The molecule has 0 amide bonds. The van der Waals surface area contributed by atoms with E-state index >= 15 is 0 Å². The van der Waals surface area contributed by atoms with Crippen molar-refractivity contribution in [2.24, 2.45) is 0 Å². The van der Waals surface area contributed by atoms with Crippen molar-refractivity contribution in [3.05, 3.63) is 62.6 Å². The minimum absolute atomic E-state index is 0.0371. The van der Waals surface area contributed by atoms with Crippen LogP contribution in [0.25, 0.3) is 11.0 Å². The second kappa shape index (κ2) is 6.67. The third-order valence-electron chi connectivity index (χ3n) is 3.84. The number of halogens is 3. The monoisotopic (exact) mass is 416 g/mol. The first-order valence-corrected chi connectivity index (χ1v) is 9.02. The second-order valence-corrected chi connectivity index (χ2v) is 7.64. The van der Waals surface area contributed by atoms with Crippen LogP contribution in [0.3, 0.4) is 0 Å². The van der Waals surface area contributed by atoms with Crippen molar-refractivity contribution in [2.45, 2.75) is 16.9 Å². The topological polar surface area (TPSA) is 138 Å². The van der Waals surface area contributed by atoms with Gasteiger partial charge in [0.15, 0.2) is 0 Å². The third-order valence-corrected chi connectivity index (χ3v) is 5.33. The Morgan fingerprint density at radius 1 is 1.07 bits per heavy atom. The fourth-order valence-corrected chi connectivity index (χ4v) is 3.28. The molecule has 0 bridgehead atoms. The van der Waals surface area contributed by atoms with Gasteiger partial charge in [-0.25, -0.2) is 13.2 Å². The SMILES string of the molecule is O=c1[nH]c2ccc(CNc3ccc(S(=O)(=O)C(F)(F)F)cc3[N+](=O)[O-])cc2[nH]1. The predicted molar refractivity (Wildman–Crippen MR) is 92.6 cm³/mol. The minimum Gasteiger partial charge on any atom is -0.375 e. The Kier molecular flexibility index (Phi) is 4.62. The molecule has 28 heavy (non-hydrogen) atoms. The summed E-state index contributed by atoms with van der Waals surface area (Å²) in [5, 5.41) is 13.9. The number of H-pyrrole nitrogens is 2. The molecule has 3 N–H and O–H groups in total. The van der Waals surface area contributed by atoms with E-state index in [4.69, 9.17) is 0 Å². The number of benzene rings is 2. The zero-order valence-corrected chi connectivity index (χ0v) is 14.5. The summed E-state index contributed by atoms with van der Waals surface area (Å²) in [5.41, 5.74) is -5.28. The third kappa shape index (κ3) is 3.55. The van der Waals surface area contributed by atoms with Gasteiger partial charge in [-0.15, -0.1) is 0 Å². The maximum Gasteiger partial charge on any atom is 0.501 e. The highest BCUT2D eigenvalue weighted by Gasteiger charge is 2.47. The number of fused-ring (bicyclic) bond motifs is 1. The quantitative estimate of drug-likeness (QED) is 0.432. The molecule has 0 aliphatic heterocycles. The number of anilines is 1. The number of hydrogen-bond acceptors (Lipinski definition) is 6. The Morgan fingerprint density at radius 2 is 1.75 bits per heavy atom. The van der Waals surface area contributed by atoms with Gasteiger partial charge in [0, 0.05) is 12.6 Å². The zero-order chi connectivity index (χ0) is 20.7. The first-order chi connectivity index (χ1) is 13.0. The van der Waals surface area contributed by atoms with Gasteiger partial charge in [0.05, 0.1) is 20.9 Å². The lowest BCUT2D eigenvalue weighted by molar-refractivity contribution is -0.384. The molecule has 0 unspecified atom stereocenters.